The molecule has 0 aliphatic carbocycles. The van der Waals surface area contributed by atoms with Gasteiger partial charge >= 0.3 is 0 Å². The molecule has 0 N–H and O–H groups in total. The fourth-order valence-corrected chi connectivity index (χ4v) is 12.2. The SMILES string of the molecule is Bc1c(B)c(B)c2c(c1B)c1c(B)c(-c3ccc4c(c3)c3cccc(-c5ccccc5)c3n4-c3cccc(-c4ccccc4)c3)c(B)c(B)c1n2-c1ccc2c(c1)sc1ccccc12. The first-order valence-corrected chi connectivity index (χ1v) is 23.3. The van der Waals surface area contributed by atoms with Crippen LogP contribution in [0.25, 0.3) is 109 Å². The van der Waals surface area contributed by atoms with Crippen molar-refractivity contribution in [2.45, 2.75) is 0 Å². The minimum absolute atomic E-state index is 1.15. The van der Waals surface area contributed by atoms with Crippen LogP contribution in [0.1, 0.15) is 0 Å². The van der Waals surface area contributed by atoms with E-state index < -0.39 is 0 Å². The quantitative estimate of drug-likeness (QED) is 0.237. The Hall–Kier alpha value is -6.75. The molecule has 0 aliphatic rings. The van der Waals surface area contributed by atoms with E-state index in [1.165, 1.54) is 141 Å². The number of fused-ring (bicyclic) bond motifs is 9. The monoisotopic (exact) mass is 826 g/mol. The van der Waals surface area contributed by atoms with Gasteiger partial charge in [-0.25, -0.2) is 0 Å². The summed E-state index contributed by atoms with van der Waals surface area (Å²) >= 11 is 1.89. The number of nitrogens with zero attached hydrogens (tertiary/aromatic N) is 2. The second-order valence-corrected chi connectivity index (χ2v) is 18.9. The summed E-state index contributed by atoms with van der Waals surface area (Å²) < 4.78 is 7.76. The van der Waals surface area contributed by atoms with Crippen LogP contribution in [-0.4, -0.2) is 64.1 Å². The molecule has 0 bridgehead atoms. The predicted molar refractivity (Wildman–Crippen MR) is 302 cm³/mol. The smallest absolute Gasteiger partial charge is 0.141 e. The number of para-hydroxylation sites is 1. The van der Waals surface area contributed by atoms with Crippen LogP contribution in [0.2, 0.25) is 0 Å². The van der Waals surface area contributed by atoms with Crippen molar-refractivity contribution in [1.29, 1.82) is 0 Å². The summed E-state index contributed by atoms with van der Waals surface area (Å²) in [5, 5.41) is 7.90. The first-order valence-electron chi connectivity index (χ1n) is 22.4. The third-order valence-corrected chi connectivity index (χ3v) is 15.8. The van der Waals surface area contributed by atoms with E-state index in [9.17, 15) is 0 Å². The minimum Gasteiger partial charge on any atom is -0.310 e. The Bertz CT molecular complexity index is 3930. The van der Waals surface area contributed by atoms with Crippen LogP contribution >= 0.6 is 11.3 Å². The van der Waals surface area contributed by atoms with Gasteiger partial charge in [0.05, 0.1) is 11.0 Å². The Morgan fingerprint density at radius 3 is 1.72 bits per heavy atom. The normalized spacial score (nSPS) is 11.9. The maximum atomic E-state index is 2.61. The Kier molecular flexibility index (Phi) is 8.91. The van der Waals surface area contributed by atoms with Crippen molar-refractivity contribution in [2.75, 3.05) is 0 Å². The van der Waals surface area contributed by atoms with Crippen LogP contribution in [0, 0.1) is 0 Å². The van der Waals surface area contributed by atoms with Crippen LogP contribution in [0.4, 0.5) is 0 Å². The summed E-state index contributed by atoms with van der Waals surface area (Å²) in [7, 11) is 16.4. The molecule has 294 valence electrons. The number of thiophene rings is 1. The number of aromatic nitrogens is 2. The average molecular weight is 826 g/mol. The zero-order chi connectivity index (χ0) is 43.5. The lowest BCUT2D eigenvalue weighted by Crippen LogP contribution is -2.48. The molecule has 3 heterocycles. The van der Waals surface area contributed by atoms with Gasteiger partial charge in [-0.15, -0.1) is 16.8 Å². The summed E-state index contributed by atoms with van der Waals surface area (Å²) in [5.41, 5.74) is 24.3. The summed E-state index contributed by atoms with van der Waals surface area (Å²) in [6.45, 7) is 0. The molecule has 12 aromatic rings. The maximum Gasteiger partial charge on any atom is 0.141 e. The Morgan fingerprint density at radius 2 is 0.938 bits per heavy atom. The van der Waals surface area contributed by atoms with Crippen molar-refractivity contribution in [3.8, 4) is 44.8 Å². The van der Waals surface area contributed by atoms with Crippen molar-refractivity contribution < 1.29 is 0 Å². The second kappa shape index (κ2) is 14.7. The Labute approximate surface area is 383 Å². The highest BCUT2D eigenvalue weighted by Crippen LogP contribution is 2.41. The molecular formula is C54H41B7N2S. The van der Waals surface area contributed by atoms with E-state index in [2.05, 4.69) is 228 Å². The molecule has 0 aliphatic heterocycles. The lowest BCUT2D eigenvalue weighted by atomic mass is 9.64. The highest BCUT2D eigenvalue weighted by molar-refractivity contribution is 7.25. The minimum atomic E-state index is 1.15. The van der Waals surface area contributed by atoms with E-state index in [-0.39, 0.29) is 0 Å². The second-order valence-electron chi connectivity index (χ2n) is 17.9. The fourth-order valence-electron chi connectivity index (χ4n) is 11.1. The third kappa shape index (κ3) is 5.61. The van der Waals surface area contributed by atoms with Crippen molar-refractivity contribution >= 4 is 168 Å². The zero-order valence-corrected chi connectivity index (χ0v) is 38.2. The van der Waals surface area contributed by atoms with Crippen LogP contribution in [-0.2, 0) is 0 Å². The van der Waals surface area contributed by atoms with Crippen molar-refractivity contribution in [2.24, 2.45) is 0 Å². The lowest BCUT2D eigenvalue weighted by molar-refractivity contribution is 1.18. The molecule has 0 amide bonds. The lowest BCUT2D eigenvalue weighted by Gasteiger charge is -2.19. The van der Waals surface area contributed by atoms with E-state index in [1.807, 2.05) is 11.3 Å². The van der Waals surface area contributed by atoms with Gasteiger partial charge in [0.1, 0.15) is 54.9 Å². The molecule has 9 aromatic carbocycles. The number of benzene rings is 9. The number of rotatable bonds is 5. The van der Waals surface area contributed by atoms with Crippen LogP contribution in [0.5, 0.6) is 0 Å². The molecule has 0 saturated carbocycles. The molecule has 0 spiro atoms. The molecule has 0 fully saturated rings. The van der Waals surface area contributed by atoms with Gasteiger partial charge in [-0.05, 0) is 75.7 Å². The van der Waals surface area contributed by atoms with Crippen molar-refractivity contribution in [3.05, 3.63) is 164 Å². The maximum absolute atomic E-state index is 2.61. The first kappa shape index (κ1) is 38.9. The predicted octanol–water partition coefficient (Wildman–Crippen LogP) is 3.06. The average Bonchev–Trinajstić information content (AvgIpc) is 4.01. The van der Waals surface area contributed by atoms with Gasteiger partial charge in [0.2, 0.25) is 0 Å². The van der Waals surface area contributed by atoms with Crippen molar-refractivity contribution in [3.63, 3.8) is 0 Å². The summed E-state index contributed by atoms with van der Waals surface area (Å²) in [6, 6.07) is 60.6. The molecule has 0 saturated heterocycles. The molecule has 10 heteroatoms. The van der Waals surface area contributed by atoms with Crippen LogP contribution < -0.4 is 38.2 Å². The Balaban J connectivity index is 1.14. The van der Waals surface area contributed by atoms with Crippen LogP contribution in [0.15, 0.2) is 164 Å². The molecule has 64 heavy (non-hydrogen) atoms. The van der Waals surface area contributed by atoms with E-state index in [4.69, 9.17) is 0 Å². The molecule has 0 radical (unpaired) electrons. The fraction of sp³-hybridized carbons (Fsp3) is 0. The van der Waals surface area contributed by atoms with E-state index >= 15 is 0 Å². The van der Waals surface area contributed by atoms with Gasteiger partial charge in [-0.3, -0.25) is 0 Å². The van der Waals surface area contributed by atoms with E-state index in [0.717, 1.165) is 5.69 Å². The molecule has 0 unspecified atom stereocenters. The third-order valence-electron chi connectivity index (χ3n) is 14.6. The first-order chi connectivity index (χ1) is 31.2. The van der Waals surface area contributed by atoms with Crippen LogP contribution in [0.3, 0.4) is 0 Å². The number of hydrogen-bond donors (Lipinski definition) is 0. The highest BCUT2D eigenvalue weighted by atomic mass is 32.1. The molecule has 12 rings (SSSR count). The summed E-state index contributed by atoms with van der Waals surface area (Å²) in [5.74, 6) is 0. The molecular weight excluding hydrogens is 784 g/mol. The van der Waals surface area contributed by atoms with Crippen molar-refractivity contribution in [1.82, 2.24) is 9.13 Å². The topological polar surface area (TPSA) is 9.86 Å². The summed E-state index contributed by atoms with van der Waals surface area (Å²) in [6.07, 6.45) is 0. The van der Waals surface area contributed by atoms with Gasteiger partial charge in [-0.2, -0.15) is 0 Å². The van der Waals surface area contributed by atoms with Gasteiger partial charge in [0.15, 0.2) is 0 Å². The zero-order valence-electron chi connectivity index (χ0n) is 37.4. The van der Waals surface area contributed by atoms with Gasteiger partial charge in [0.25, 0.3) is 0 Å². The Morgan fingerprint density at radius 1 is 0.328 bits per heavy atom. The number of hydrogen-bond acceptors (Lipinski definition) is 1. The molecule has 0 atom stereocenters. The highest BCUT2D eigenvalue weighted by Gasteiger charge is 2.26. The van der Waals surface area contributed by atoms with Gasteiger partial charge in [0, 0.05) is 64.3 Å². The largest absolute Gasteiger partial charge is 0.310 e. The van der Waals surface area contributed by atoms with E-state index in [0.29, 0.717) is 0 Å². The van der Waals surface area contributed by atoms with E-state index in [1.54, 1.807) is 0 Å². The summed E-state index contributed by atoms with van der Waals surface area (Å²) in [4.78, 5) is 0. The van der Waals surface area contributed by atoms with Gasteiger partial charge < -0.3 is 9.13 Å². The molecule has 3 aromatic heterocycles. The molecule has 2 nitrogen and oxygen atoms in total. The van der Waals surface area contributed by atoms with Gasteiger partial charge in [-0.1, -0.05) is 154 Å². The standard InChI is InChI=1S/C54H41B7N2S/c55-45-42(46(56)50(60)53-43(45)44-47(57)48(58)49(59)51(61)54(44)63(53)33-22-23-36-35-17-7-8-20-40(35)64-41(36)27-33)31-21-24-39-38(26-31)37-19-10-18-34(29-13-5-2-6-14-29)52(37)62(39)32-16-9-15-30(25-32)28-11-3-1-4-12-28/h1-27H,55-61H2.